The molecule has 1 aliphatic carbocycles. The van der Waals surface area contributed by atoms with Gasteiger partial charge in [-0.15, -0.1) is 10.2 Å². The molecule has 0 saturated heterocycles. The molecule has 1 aliphatic heterocycles. The highest BCUT2D eigenvalue weighted by Gasteiger charge is 2.31. The summed E-state index contributed by atoms with van der Waals surface area (Å²) >= 11 is 0. The Hall–Kier alpha value is -4.09. The molecule has 1 atom stereocenters. The molecular formula is C24H23F3N6O3. The number of rotatable bonds is 10. The number of halogens is 3. The molecule has 0 saturated carbocycles. The molecule has 2 aromatic rings. The Balaban J connectivity index is 1.15. The van der Waals surface area contributed by atoms with E-state index in [1.807, 2.05) is 12.2 Å². The van der Waals surface area contributed by atoms with Gasteiger partial charge in [-0.2, -0.15) is 18.2 Å². The van der Waals surface area contributed by atoms with Crippen LogP contribution in [-0.2, 0) is 22.2 Å². The molecule has 36 heavy (non-hydrogen) atoms. The van der Waals surface area contributed by atoms with Crippen LogP contribution < -0.4 is 10.6 Å². The van der Waals surface area contributed by atoms with E-state index in [9.17, 15) is 22.8 Å². The lowest BCUT2D eigenvalue weighted by Gasteiger charge is -2.20. The number of hydrogen-bond donors (Lipinski definition) is 2. The van der Waals surface area contributed by atoms with Crippen molar-refractivity contribution in [3.63, 3.8) is 0 Å². The van der Waals surface area contributed by atoms with E-state index in [2.05, 4.69) is 31.0 Å². The number of amides is 2. The molecule has 1 aromatic carbocycles. The Kier molecular flexibility index (Phi) is 7.71. The number of fused-ring (bicyclic) bond motifs is 1. The lowest BCUT2D eigenvalue weighted by Crippen LogP contribution is -2.28. The van der Waals surface area contributed by atoms with Crippen molar-refractivity contribution < 1.29 is 27.3 Å². The lowest BCUT2D eigenvalue weighted by atomic mass is 9.93. The number of hydrogen-bond acceptors (Lipinski definition) is 7. The maximum Gasteiger partial charge on any atom is 0.416 e. The van der Waals surface area contributed by atoms with Gasteiger partial charge in [0.2, 0.25) is 17.6 Å². The number of aromatic nitrogens is 2. The zero-order chi connectivity index (χ0) is 25.5. The molecule has 188 valence electrons. The van der Waals surface area contributed by atoms with Crippen LogP contribution in [0.1, 0.15) is 30.7 Å². The van der Waals surface area contributed by atoms with Gasteiger partial charge in [0.1, 0.15) is 0 Å². The Bertz CT molecular complexity index is 1250. The first-order valence-electron chi connectivity index (χ1n) is 11.4. The van der Waals surface area contributed by atoms with Crippen molar-refractivity contribution in [3.05, 3.63) is 71.4 Å². The predicted molar refractivity (Wildman–Crippen MR) is 122 cm³/mol. The molecule has 4 rings (SSSR count). The van der Waals surface area contributed by atoms with Crippen molar-refractivity contribution in [2.45, 2.75) is 31.9 Å². The highest BCUT2D eigenvalue weighted by Crippen LogP contribution is 2.31. The molecule has 1 aromatic heterocycles. The smallest absolute Gasteiger partial charge is 0.368 e. The Morgan fingerprint density at radius 3 is 2.81 bits per heavy atom. The summed E-state index contributed by atoms with van der Waals surface area (Å²) in [7, 11) is 0. The molecule has 9 nitrogen and oxygen atoms in total. The van der Waals surface area contributed by atoms with Gasteiger partial charge < -0.3 is 15.2 Å². The number of carbonyl (C=O) groups excluding carboxylic acids is 2. The van der Waals surface area contributed by atoms with E-state index in [1.165, 1.54) is 12.1 Å². The molecule has 12 heteroatoms. The normalized spacial score (nSPS) is 16.9. The van der Waals surface area contributed by atoms with Gasteiger partial charge in [-0.1, -0.05) is 41.6 Å². The molecule has 0 fully saturated rings. The molecular weight excluding hydrogens is 477 g/mol. The number of benzene rings is 1. The summed E-state index contributed by atoms with van der Waals surface area (Å²) in [5.41, 5.74) is 0.190. The first-order chi connectivity index (χ1) is 17.3. The number of azo groups is 1. The molecule has 2 N–H and O–H groups in total. The van der Waals surface area contributed by atoms with Crippen LogP contribution in [0.15, 0.2) is 74.7 Å². The molecule has 0 bridgehead atoms. The average molecular weight is 500 g/mol. The average Bonchev–Trinajstić information content (AvgIpc) is 3.34. The van der Waals surface area contributed by atoms with Crippen molar-refractivity contribution in [1.82, 2.24) is 20.8 Å². The van der Waals surface area contributed by atoms with E-state index in [4.69, 9.17) is 4.52 Å². The summed E-state index contributed by atoms with van der Waals surface area (Å²) in [6.45, 7) is 0.987. The maximum atomic E-state index is 12.9. The van der Waals surface area contributed by atoms with Crippen molar-refractivity contribution in [2.75, 3.05) is 13.1 Å². The fourth-order valence-electron chi connectivity index (χ4n) is 3.66. The quantitative estimate of drug-likeness (QED) is 0.474. The topological polar surface area (TPSA) is 122 Å². The predicted octanol–water partition coefficient (Wildman–Crippen LogP) is 4.12. The summed E-state index contributed by atoms with van der Waals surface area (Å²) in [6, 6.07) is 4.70. The van der Waals surface area contributed by atoms with Crippen molar-refractivity contribution in [2.24, 2.45) is 16.1 Å². The van der Waals surface area contributed by atoms with Gasteiger partial charge >= 0.3 is 6.18 Å². The zero-order valence-electron chi connectivity index (χ0n) is 19.1. The summed E-state index contributed by atoms with van der Waals surface area (Å²) in [6.07, 6.45) is 4.42. The number of aryl methyl sites for hydroxylation is 1. The van der Waals surface area contributed by atoms with Crippen molar-refractivity contribution >= 4 is 11.8 Å². The van der Waals surface area contributed by atoms with E-state index in [0.717, 1.165) is 17.7 Å². The molecule has 0 spiro atoms. The minimum absolute atomic E-state index is 0.0667. The van der Waals surface area contributed by atoms with E-state index in [0.29, 0.717) is 38.2 Å². The molecule has 2 aliphatic rings. The van der Waals surface area contributed by atoms with Crippen molar-refractivity contribution in [3.8, 4) is 11.4 Å². The third kappa shape index (κ3) is 6.32. The van der Waals surface area contributed by atoms with E-state index < -0.39 is 17.7 Å². The summed E-state index contributed by atoms with van der Waals surface area (Å²) < 4.78 is 43.8. The second-order valence-electron chi connectivity index (χ2n) is 8.14. The van der Waals surface area contributed by atoms with Crippen LogP contribution in [0, 0.1) is 5.92 Å². The van der Waals surface area contributed by atoms with Gasteiger partial charge in [0.15, 0.2) is 5.82 Å². The van der Waals surface area contributed by atoms with Gasteiger partial charge in [-0.25, -0.2) is 0 Å². The van der Waals surface area contributed by atoms with Crippen LogP contribution >= 0.6 is 0 Å². The van der Waals surface area contributed by atoms with Crippen LogP contribution in [0.3, 0.4) is 0 Å². The largest absolute Gasteiger partial charge is 0.416 e. The monoisotopic (exact) mass is 500 g/mol. The van der Waals surface area contributed by atoms with Gasteiger partial charge in [-0.05, 0) is 25.0 Å². The van der Waals surface area contributed by atoms with Gasteiger partial charge in [0.05, 0.1) is 11.5 Å². The zero-order valence-corrected chi connectivity index (χ0v) is 19.1. The maximum absolute atomic E-state index is 12.9. The molecule has 2 heterocycles. The lowest BCUT2D eigenvalue weighted by molar-refractivity contribution is -0.137. The van der Waals surface area contributed by atoms with Crippen LogP contribution in [0.25, 0.3) is 11.4 Å². The third-order valence-electron chi connectivity index (χ3n) is 5.49. The SMILES string of the molecule is O=C(CCCc1nc(-c2cccc(C(F)(F)F)c2)no1)NCCCNC1=C2C=CC=CC2C(=O)N=N1. The van der Waals surface area contributed by atoms with E-state index >= 15 is 0 Å². The number of alkyl halides is 3. The van der Waals surface area contributed by atoms with Crippen molar-refractivity contribution in [1.29, 1.82) is 0 Å². The summed E-state index contributed by atoms with van der Waals surface area (Å²) in [5.74, 6) is 0.0232. The highest BCUT2D eigenvalue weighted by atomic mass is 19.4. The Morgan fingerprint density at radius 1 is 1.11 bits per heavy atom. The highest BCUT2D eigenvalue weighted by molar-refractivity contribution is 5.86. The van der Waals surface area contributed by atoms with Gasteiger partial charge in [0.25, 0.3) is 5.91 Å². The van der Waals surface area contributed by atoms with Gasteiger partial charge in [0, 0.05) is 37.1 Å². The molecule has 1 unspecified atom stereocenters. The fourth-order valence-corrected chi connectivity index (χ4v) is 3.66. The third-order valence-corrected chi connectivity index (χ3v) is 5.49. The number of allylic oxidation sites excluding steroid dienone is 3. The number of nitrogens with zero attached hydrogens (tertiary/aromatic N) is 4. The fraction of sp³-hybridized carbons (Fsp3) is 0.333. The molecule has 2 amide bonds. The molecule has 0 radical (unpaired) electrons. The first-order valence-corrected chi connectivity index (χ1v) is 11.4. The minimum atomic E-state index is -4.46. The van der Waals surface area contributed by atoms with Crippen LogP contribution in [0.2, 0.25) is 0 Å². The summed E-state index contributed by atoms with van der Waals surface area (Å²) in [4.78, 5) is 28.0. The minimum Gasteiger partial charge on any atom is -0.368 e. The second kappa shape index (κ2) is 11.1. The second-order valence-corrected chi connectivity index (χ2v) is 8.14. The summed E-state index contributed by atoms with van der Waals surface area (Å²) in [5, 5.41) is 17.3. The number of nitrogens with one attached hydrogen (secondary N) is 2. The van der Waals surface area contributed by atoms with E-state index in [-0.39, 0.29) is 35.5 Å². The van der Waals surface area contributed by atoms with E-state index in [1.54, 1.807) is 12.2 Å². The van der Waals surface area contributed by atoms with Crippen LogP contribution in [-0.4, -0.2) is 35.0 Å². The van der Waals surface area contributed by atoms with Crippen LogP contribution in [0.5, 0.6) is 0 Å². The van der Waals surface area contributed by atoms with Crippen LogP contribution in [0.4, 0.5) is 13.2 Å². The Morgan fingerprint density at radius 2 is 1.97 bits per heavy atom. The van der Waals surface area contributed by atoms with Gasteiger partial charge in [-0.3, -0.25) is 9.59 Å². The number of carbonyl (C=O) groups is 2. The standard InChI is InChI=1S/C24H23F3N6O3/c25-24(26,27)16-7-3-6-15(14-16)21-30-20(36-33-21)11-4-10-19(34)28-12-5-13-29-22-17-8-1-2-9-18(17)23(35)32-31-22/h1-3,6-9,14,18,29H,4-5,10-13H2,(H,28,34). The Labute approximate surface area is 204 Å². The first kappa shape index (κ1) is 25.0.